The van der Waals surface area contributed by atoms with Crippen LogP contribution in [0.1, 0.15) is 29.8 Å². The van der Waals surface area contributed by atoms with E-state index in [4.69, 9.17) is 25.6 Å². The summed E-state index contributed by atoms with van der Waals surface area (Å²) >= 11 is 6.20. The molecule has 38 heavy (non-hydrogen) atoms. The number of ether oxygens (including phenoxy) is 2. The van der Waals surface area contributed by atoms with Crippen molar-refractivity contribution in [3.05, 3.63) is 94.8 Å². The molecule has 0 bridgehead atoms. The van der Waals surface area contributed by atoms with E-state index in [1.807, 2.05) is 36.4 Å². The van der Waals surface area contributed by atoms with Crippen LogP contribution in [0.2, 0.25) is 5.02 Å². The summed E-state index contributed by atoms with van der Waals surface area (Å²) in [6.45, 7) is 3.36. The molecule has 2 atom stereocenters. The van der Waals surface area contributed by atoms with Gasteiger partial charge in [-0.05, 0) is 38.0 Å². The van der Waals surface area contributed by atoms with Crippen molar-refractivity contribution in [3.63, 3.8) is 0 Å². The minimum atomic E-state index is -0.950. The second kappa shape index (κ2) is 12.2. The molecule has 9 nitrogen and oxygen atoms in total. The number of benzene rings is 2. The number of amides is 1. The maximum atomic E-state index is 12.6. The van der Waals surface area contributed by atoms with Crippen molar-refractivity contribution in [1.29, 1.82) is 0 Å². The molecule has 4 rings (SSSR count). The molecule has 0 spiro atoms. The summed E-state index contributed by atoms with van der Waals surface area (Å²) in [5.41, 5.74) is 2.91. The van der Waals surface area contributed by atoms with Gasteiger partial charge in [-0.3, -0.25) is 10.1 Å². The van der Waals surface area contributed by atoms with Crippen LogP contribution in [0.3, 0.4) is 0 Å². The van der Waals surface area contributed by atoms with Crippen molar-refractivity contribution >= 4 is 29.4 Å². The van der Waals surface area contributed by atoms with Gasteiger partial charge in [0.05, 0.1) is 5.92 Å². The third-order valence-corrected chi connectivity index (χ3v) is 6.17. The minimum Gasteiger partial charge on any atom is -0.481 e. The number of hydrogen-bond donors (Lipinski definition) is 2. The van der Waals surface area contributed by atoms with E-state index in [0.29, 0.717) is 34.0 Å². The molecule has 0 saturated carbocycles. The number of carbonyl (C=O) groups is 2. The van der Waals surface area contributed by atoms with Gasteiger partial charge in [0.25, 0.3) is 0 Å². The Balaban J connectivity index is 1.40. The standard InChI is InChI=1S/C28H26ClN3O6/c1-17-25(31-28(35)37-18(2)22-10-6-7-11-23(22)29)26(38-32-17)20-12-13-24(30-15-20)36-16-21(27(33)34)14-19-8-4-3-5-9-19/h3-13,15,18,21H,14,16H2,1-2H3,(H,31,35)(H,33,34). The quantitative estimate of drug-likeness (QED) is 0.241. The van der Waals surface area contributed by atoms with Gasteiger partial charge in [0.15, 0.2) is 5.76 Å². The highest BCUT2D eigenvalue weighted by Gasteiger charge is 2.22. The highest BCUT2D eigenvalue weighted by Crippen LogP contribution is 2.32. The lowest BCUT2D eigenvalue weighted by atomic mass is 10.0. The van der Waals surface area contributed by atoms with Gasteiger partial charge in [-0.2, -0.15) is 0 Å². The largest absolute Gasteiger partial charge is 0.481 e. The maximum Gasteiger partial charge on any atom is 0.412 e. The Morgan fingerprint density at radius 3 is 2.50 bits per heavy atom. The number of carboxylic acids is 1. The average molecular weight is 536 g/mol. The van der Waals surface area contributed by atoms with E-state index in [9.17, 15) is 14.7 Å². The lowest BCUT2D eigenvalue weighted by molar-refractivity contribution is -0.142. The molecule has 0 radical (unpaired) electrons. The Morgan fingerprint density at radius 1 is 1.08 bits per heavy atom. The van der Waals surface area contributed by atoms with Crippen LogP contribution >= 0.6 is 11.6 Å². The number of halogens is 1. The van der Waals surface area contributed by atoms with Crippen molar-refractivity contribution in [2.24, 2.45) is 5.92 Å². The third-order valence-electron chi connectivity index (χ3n) is 5.82. The molecule has 0 aliphatic heterocycles. The number of nitrogens with zero attached hydrogens (tertiary/aromatic N) is 2. The number of anilines is 1. The van der Waals surface area contributed by atoms with Crippen molar-refractivity contribution < 1.29 is 28.7 Å². The molecule has 4 aromatic rings. The number of aromatic nitrogens is 2. The van der Waals surface area contributed by atoms with Gasteiger partial charge in [-0.15, -0.1) is 0 Å². The fourth-order valence-corrected chi connectivity index (χ4v) is 4.07. The van der Waals surface area contributed by atoms with Gasteiger partial charge in [0.1, 0.15) is 24.1 Å². The van der Waals surface area contributed by atoms with Crippen molar-refractivity contribution in [2.75, 3.05) is 11.9 Å². The van der Waals surface area contributed by atoms with E-state index >= 15 is 0 Å². The summed E-state index contributed by atoms with van der Waals surface area (Å²) in [4.78, 5) is 28.5. The number of hydrogen-bond acceptors (Lipinski definition) is 7. The summed E-state index contributed by atoms with van der Waals surface area (Å²) in [6, 6.07) is 19.7. The molecule has 1 amide bonds. The molecule has 2 heterocycles. The SMILES string of the molecule is Cc1noc(-c2ccc(OCC(Cc3ccccc3)C(=O)O)nc2)c1NC(=O)OC(C)c1ccccc1Cl. The number of aryl methyl sites for hydroxylation is 1. The second-order valence-electron chi connectivity index (χ2n) is 8.59. The Morgan fingerprint density at radius 2 is 1.82 bits per heavy atom. The lowest BCUT2D eigenvalue weighted by Gasteiger charge is -2.15. The van der Waals surface area contributed by atoms with Crippen molar-refractivity contribution in [1.82, 2.24) is 10.1 Å². The van der Waals surface area contributed by atoms with Crippen LogP contribution in [0.4, 0.5) is 10.5 Å². The third kappa shape index (κ3) is 6.68. The molecule has 2 aromatic heterocycles. The topological polar surface area (TPSA) is 124 Å². The maximum absolute atomic E-state index is 12.6. The zero-order valence-electron chi connectivity index (χ0n) is 20.8. The van der Waals surface area contributed by atoms with E-state index in [0.717, 1.165) is 5.56 Å². The van der Waals surface area contributed by atoms with Crippen molar-refractivity contribution in [2.45, 2.75) is 26.4 Å². The first-order valence-corrected chi connectivity index (χ1v) is 12.2. The summed E-state index contributed by atoms with van der Waals surface area (Å²) < 4.78 is 16.6. The number of pyridine rings is 1. The Kier molecular flexibility index (Phi) is 8.60. The summed E-state index contributed by atoms with van der Waals surface area (Å²) in [5, 5.41) is 16.7. The van der Waals surface area contributed by atoms with Crippen LogP contribution in [0, 0.1) is 12.8 Å². The minimum absolute atomic E-state index is 0.0414. The molecule has 0 saturated heterocycles. The van der Waals surface area contributed by atoms with E-state index in [2.05, 4.69) is 15.5 Å². The van der Waals surface area contributed by atoms with E-state index in [1.165, 1.54) is 6.20 Å². The molecule has 196 valence electrons. The average Bonchev–Trinajstić information content (AvgIpc) is 3.27. The monoisotopic (exact) mass is 535 g/mol. The highest BCUT2D eigenvalue weighted by atomic mass is 35.5. The molecule has 0 aliphatic carbocycles. The molecule has 0 fully saturated rings. The van der Waals surface area contributed by atoms with Crippen LogP contribution in [0.5, 0.6) is 5.88 Å². The van der Waals surface area contributed by atoms with Crippen LogP contribution in [-0.4, -0.2) is 33.9 Å². The number of aliphatic carboxylic acids is 1. The first kappa shape index (κ1) is 26.7. The highest BCUT2D eigenvalue weighted by molar-refractivity contribution is 6.31. The van der Waals surface area contributed by atoms with Crippen LogP contribution in [-0.2, 0) is 16.0 Å². The number of nitrogens with one attached hydrogen (secondary N) is 1. The predicted molar refractivity (Wildman–Crippen MR) is 141 cm³/mol. The smallest absolute Gasteiger partial charge is 0.412 e. The summed E-state index contributed by atoms with van der Waals surface area (Å²) in [7, 11) is 0. The molecule has 2 N–H and O–H groups in total. The first-order chi connectivity index (χ1) is 18.3. The van der Waals surface area contributed by atoms with Gasteiger partial charge in [-0.25, -0.2) is 9.78 Å². The number of carbonyl (C=O) groups excluding carboxylic acids is 1. The molecular weight excluding hydrogens is 510 g/mol. The fourth-order valence-electron chi connectivity index (χ4n) is 3.78. The molecule has 10 heteroatoms. The van der Waals surface area contributed by atoms with Gasteiger partial charge in [0, 0.05) is 28.4 Å². The summed E-state index contributed by atoms with van der Waals surface area (Å²) in [6.07, 6.45) is 0.551. The van der Waals surface area contributed by atoms with Crippen LogP contribution in [0.25, 0.3) is 11.3 Å². The molecule has 2 aromatic carbocycles. The predicted octanol–water partition coefficient (Wildman–Crippen LogP) is 6.33. The van der Waals surface area contributed by atoms with Crippen molar-refractivity contribution in [3.8, 4) is 17.2 Å². The zero-order valence-corrected chi connectivity index (χ0v) is 21.5. The molecule has 0 aliphatic rings. The molecular formula is C28H26ClN3O6. The van der Waals surface area contributed by atoms with Gasteiger partial charge < -0.3 is 19.1 Å². The zero-order chi connectivity index (χ0) is 27.1. The first-order valence-electron chi connectivity index (χ1n) is 11.9. The van der Waals surface area contributed by atoms with E-state index in [1.54, 1.807) is 44.2 Å². The van der Waals surface area contributed by atoms with E-state index in [-0.39, 0.29) is 18.2 Å². The van der Waals surface area contributed by atoms with Gasteiger partial charge >= 0.3 is 12.1 Å². The van der Waals surface area contributed by atoms with Crippen LogP contribution in [0.15, 0.2) is 77.4 Å². The number of rotatable bonds is 10. The fraction of sp³-hybridized carbons (Fsp3) is 0.214. The van der Waals surface area contributed by atoms with E-state index < -0.39 is 24.1 Å². The van der Waals surface area contributed by atoms with Gasteiger partial charge in [-0.1, -0.05) is 65.3 Å². The lowest BCUT2D eigenvalue weighted by Crippen LogP contribution is -2.24. The summed E-state index contributed by atoms with van der Waals surface area (Å²) in [5.74, 6) is -1.14. The van der Waals surface area contributed by atoms with Crippen LogP contribution < -0.4 is 10.1 Å². The Hall–Kier alpha value is -4.37. The Bertz CT molecular complexity index is 1390. The van der Waals surface area contributed by atoms with Gasteiger partial charge in [0.2, 0.25) is 5.88 Å². The second-order valence-corrected chi connectivity index (χ2v) is 8.99. The Labute approximate surface area is 224 Å². The normalized spacial score (nSPS) is 12.4. The molecule has 2 unspecified atom stereocenters. The number of carboxylic acid groups (broad SMARTS) is 1.